The summed E-state index contributed by atoms with van der Waals surface area (Å²) in [4.78, 5) is 0.155. The van der Waals surface area contributed by atoms with Gasteiger partial charge in [-0.2, -0.15) is 8.42 Å². The number of hydroxylamine groups is 1. The lowest BCUT2D eigenvalue weighted by Crippen LogP contribution is -2.19. The van der Waals surface area contributed by atoms with Gasteiger partial charge in [0.1, 0.15) is 0 Å². The van der Waals surface area contributed by atoms with Crippen LogP contribution in [-0.2, 0) is 14.4 Å². The molecule has 24 heavy (non-hydrogen) atoms. The first kappa shape index (κ1) is 18.2. The molecule has 0 aliphatic rings. The number of aryl methyl sites for hydroxylation is 1. The molecule has 2 rings (SSSR count). The maximum Gasteiger partial charge on any atom is 0.317 e. The SMILES string of the molecule is C=C(NOS(=O)(=O)c1ccc(C(C)CC)cc1C)c1ccccc1. The molecule has 0 fully saturated rings. The van der Waals surface area contributed by atoms with E-state index in [0.29, 0.717) is 17.2 Å². The van der Waals surface area contributed by atoms with Crippen LogP contribution in [0.5, 0.6) is 0 Å². The molecular weight excluding hydrogens is 322 g/mol. The molecule has 0 bridgehead atoms. The first-order chi connectivity index (χ1) is 11.3. The Morgan fingerprint density at radius 3 is 2.46 bits per heavy atom. The minimum Gasteiger partial charge on any atom is -0.249 e. The molecule has 4 nitrogen and oxygen atoms in total. The second kappa shape index (κ2) is 7.64. The number of nitrogens with one attached hydrogen (secondary N) is 1. The molecule has 0 aromatic heterocycles. The average molecular weight is 345 g/mol. The van der Waals surface area contributed by atoms with Crippen LogP contribution in [0.1, 0.15) is 42.9 Å². The van der Waals surface area contributed by atoms with Gasteiger partial charge in [-0.05, 0) is 42.0 Å². The van der Waals surface area contributed by atoms with Gasteiger partial charge in [0.15, 0.2) is 0 Å². The van der Waals surface area contributed by atoms with Crippen molar-refractivity contribution in [2.45, 2.75) is 38.0 Å². The van der Waals surface area contributed by atoms with E-state index in [-0.39, 0.29) is 4.90 Å². The van der Waals surface area contributed by atoms with Gasteiger partial charge in [0.05, 0.1) is 10.6 Å². The highest BCUT2D eigenvalue weighted by Crippen LogP contribution is 2.25. The molecule has 0 aliphatic carbocycles. The van der Waals surface area contributed by atoms with E-state index >= 15 is 0 Å². The Hall–Kier alpha value is -2.11. The Kier molecular flexibility index (Phi) is 5.80. The lowest BCUT2D eigenvalue weighted by molar-refractivity contribution is 0.259. The molecule has 128 valence electrons. The first-order valence-corrected chi connectivity index (χ1v) is 9.30. The normalized spacial score (nSPS) is 12.6. The lowest BCUT2D eigenvalue weighted by atomic mass is 9.97. The lowest BCUT2D eigenvalue weighted by Gasteiger charge is -2.14. The topological polar surface area (TPSA) is 55.4 Å². The molecule has 1 N–H and O–H groups in total. The molecule has 1 unspecified atom stereocenters. The van der Waals surface area contributed by atoms with Gasteiger partial charge in [-0.1, -0.05) is 62.9 Å². The summed E-state index contributed by atoms with van der Waals surface area (Å²) in [7, 11) is -3.92. The van der Waals surface area contributed by atoms with Crippen LogP contribution in [-0.4, -0.2) is 8.42 Å². The van der Waals surface area contributed by atoms with Crippen LogP contribution in [0.15, 0.2) is 60.0 Å². The molecule has 0 radical (unpaired) electrons. The quantitative estimate of drug-likeness (QED) is 0.756. The summed E-state index contributed by atoms with van der Waals surface area (Å²) in [5, 5.41) is 0. The molecule has 0 amide bonds. The highest BCUT2D eigenvalue weighted by atomic mass is 32.2. The van der Waals surface area contributed by atoms with Crippen molar-refractivity contribution in [3.05, 3.63) is 71.8 Å². The van der Waals surface area contributed by atoms with Crippen LogP contribution in [0.3, 0.4) is 0 Å². The molecule has 0 heterocycles. The molecule has 0 saturated heterocycles. The van der Waals surface area contributed by atoms with Crippen molar-refractivity contribution in [2.24, 2.45) is 0 Å². The monoisotopic (exact) mass is 345 g/mol. The van der Waals surface area contributed by atoms with Gasteiger partial charge in [-0.25, -0.2) is 5.48 Å². The fourth-order valence-electron chi connectivity index (χ4n) is 2.34. The maximum atomic E-state index is 12.4. The van der Waals surface area contributed by atoms with Crippen molar-refractivity contribution in [1.82, 2.24) is 5.48 Å². The Balaban J connectivity index is 2.14. The summed E-state index contributed by atoms with van der Waals surface area (Å²) < 4.78 is 29.8. The largest absolute Gasteiger partial charge is 0.317 e. The van der Waals surface area contributed by atoms with Crippen LogP contribution >= 0.6 is 0 Å². The van der Waals surface area contributed by atoms with Crippen molar-refractivity contribution in [1.29, 1.82) is 0 Å². The van der Waals surface area contributed by atoms with E-state index < -0.39 is 10.1 Å². The van der Waals surface area contributed by atoms with Crippen molar-refractivity contribution in [3.63, 3.8) is 0 Å². The first-order valence-electron chi connectivity index (χ1n) is 7.89. The van der Waals surface area contributed by atoms with E-state index in [0.717, 1.165) is 17.5 Å². The van der Waals surface area contributed by atoms with Gasteiger partial charge in [0.25, 0.3) is 0 Å². The smallest absolute Gasteiger partial charge is 0.249 e. The second-order valence-electron chi connectivity index (χ2n) is 5.82. The van der Waals surface area contributed by atoms with Crippen molar-refractivity contribution >= 4 is 15.8 Å². The van der Waals surface area contributed by atoms with Crippen molar-refractivity contribution < 1.29 is 12.7 Å². The Labute approximate surface area is 144 Å². The van der Waals surface area contributed by atoms with E-state index in [1.54, 1.807) is 13.0 Å². The minimum absolute atomic E-state index is 0.155. The van der Waals surface area contributed by atoms with E-state index in [1.807, 2.05) is 42.5 Å². The average Bonchev–Trinajstić information content (AvgIpc) is 2.59. The molecule has 1 atom stereocenters. The highest BCUT2D eigenvalue weighted by Gasteiger charge is 2.20. The summed E-state index contributed by atoms with van der Waals surface area (Å²) in [6.07, 6.45) is 1.00. The summed E-state index contributed by atoms with van der Waals surface area (Å²) in [6.45, 7) is 9.78. The third kappa shape index (κ3) is 4.24. The third-order valence-corrected chi connectivity index (χ3v) is 5.35. The third-order valence-electron chi connectivity index (χ3n) is 4.05. The summed E-state index contributed by atoms with van der Waals surface area (Å²) >= 11 is 0. The predicted octanol–water partition coefficient (Wildman–Crippen LogP) is 4.39. The van der Waals surface area contributed by atoms with Crippen molar-refractivity contribution in [3.8, 4) is 0 Å². The number of hydrogen-bond acceptors (Lipinski definition) is 4. The zero-order valence-corrected chi connectivity index (χ0v) is 15.1. The van der Waals surface area contributed by atoms with Gasteiger partial charge in [-0.3, -0.25) is 0 Å². The summed E-state index contributed by atoms with van der Waals surface area (Å²) in [5.74, 6) is 0.386. The van der Waals surface area contributed by atoms with Crippen LogP contribution in [0.2, 0.25) is 0 Å². The van der Waals surface area contributed by atoms with Crippen LogP contribution in [0.4, 0.5) is 0 Å². The fourth-order valence-corrected chi connectivity index (χ4v) is 3.33. The van der Waals surface area contributed by atoms with E-state index in [9.17, 15) is 8.42 Å². The fraction of sp³-hybridized carbons (Fsp3) is 0.263. The van der Waals surface area contributed by atoms with Crippen LogP contribution in [0, 0.1) is 6.92 Å². The molecule has 2 aromatic carbocycles. The van der Waals surface area contributed by atoms with E-state index in [4.69, 9.17) is 4.28 Å². The summed E-state index contributed by atoms with van der Waals surface area (Å²) in [6, 6.07) is 14.5. The van der Waals surface area contributed by atoms with Gasteiger partial charge in [0, 0.05) is 0 Å². The Bertz CT molecular complexity index is 814. The van der Waals surface area contributed by atoms with E-state index in [2.05, 4.69) is 25.9 Å². The number of benzene rings is 2. The van der Waals surface area contributed by atoms with Crippen LogP contribution < -0.4 is 5.48 Å². The minimum atomic E-state index is -3.92. The zero-order valence-electron chi connectivity index (χ0n) is 14.2. The molecule has 5 heteroatoms. The Morgan fingerprint density at radius 1 is 1.21 bits per heavy atom. The second-order valence-corrected chi connectivity index (χ2v) is 7.33. The highest BCUT2D eigenvalue weighted by molar-refractivity contribution is 7.86. The Morgan fingerprint density at radius 2 is 1.88 bits per heavy atom. The predicted molar refractivity (Wildman–Crippen MR) is 96.8 cm³/mol. The molecule has 0 aliphatic heterocycles. The van der Waals surface area contributed by atoms with Gasteiger partial charge < -0.3 is 0 Å². The molecular formula is C19H23NO3S. The van der Waals surface area contributed by atoms with Gasteiger partial charge in [-0.15, -0.1) is 4.28 Å². The maximum absolute atomic E-state index is 12.4. The van der Waals surface area contributed by atoms with Gasteiger partial charge >= 0.3 is 10.1 Å². The molecule has 0 spiro atoms. The van der Waals surface area contributed by atoms with Gasteiger partial charge in [0.2, 0.25) is 0 Å². The number of rotatable bonds is 7. The number of hydrogen-bond donors (Lipinski definition) is 1. The van der Waals surface area contributed by atoms with E-state index in [1.165, 1.54) is 0 Å². The standard InChI is InChI=1S/C19H23NO3S/c1-5-14(2)18-11-12-19(15(3)13-18)24(21,22)23-20-16(4)17-9-7-6-8-10-17/h6-14,20H,4-5H2,1-3H3. The summed E-state index contributed by atoms with van der Waals surface area (Å²) in [5.41, 5.74) is 5.36. The molecule has 2 aromatic rings. The zero-order chi connectivity index (χ0) is 17.7. The van der Waals surface area contributed by atoms with Crippen LogP contribution in [0.25, 0.3) is 5.70 Å². The molecule has 0 saturated carbocycles. The van der Waals surface area contributed by atoms with Crippen molar-refractivity contribution in [2.75, 3.05) is 0 Å².